The van der Waals surface area contributed by atoms with E-state index in [9.17, 15) is 18.6 Å². The van der Waals surface area contributed by atoms with Crippen molar-refractivity contribution in [2.24, 2.45) is 0 Å². The first-order chi connectivity index (χ1) is 12.8. The maximum atomic E-state index is 12.2. The van der Waals surface area contributed by atoms with E-state index in [-0.39, 0.29) is 11.1 Å². The van der Waals surface area contributed by atoms with Crippen molar-refractivity contribution < 1.29 is 28.1 Å². The molecular weight excluding hydrogens is 370 g/mol. The monoisotopic (exact) mass is 389 g/mol. The highest BCUT2D eigenvalue weighted by atomic mass is 32.2. The maximum Gasteiger partial charge on any atom is 0.339 e. The zero-order valence-electron chi connectivity index (χ0n) is 15.1. The van der Waals surface area contributed by atoms with Crippen molar-refractivity contribution in [1.29, 1.82) is 0 Å². The van der Waals surface area contributed by atoms with Gasteiger partial charge < -0.3 is 14.8 Å². The number of esters is 2. The van der Waals surface area contributed by atoms with E-state index in [1.807, 2.05) is 0 Å². The minimum atomic E-state index is -1.36. The largest absolute Gasteiger partial charge is 0.465 e. The van der Waals surface area contributed by atoms with Crippen LogP contribution in [0.1, 0.15) is 26.3 Å². The molecule has 2 aromatic rings. The molecule has 142 valence electrons. The number of anilines is 1. The second-order valence-corrected chi connectivity index (χ2v) is 6.94. The van der Waals surface area contributed by atoms with E-state index < -0.39 is 35.3 Å². The lowest BCUT2D eigenvalue weighted by atomic mass is 10.1. The van der Waals surface area contributed by atoms with Crippen LogP contribution in [-0.2, 0) is 25.1 Å². The van der Waals surface area contributed by atoms with Crippen LogP contribution in [0.25, 0.3) is 0 Å². The van der Waals surface area contributed by atoms with Crippen LogP contribution in [-0.4, -0.2) is 42.0 Å². The predicted octanol–water partition coefficient (Wildman–Crippen LogP) is 2.31. The molecule has 0 radical (unpaired) electrons. The Hall–Kier alpha value is -3.00. The molecule has 27 heavy (non-hydrogen) atoms. The van der Waals surface area contributed by atoms with Crippen LogP contribution >= 0.6 is 0 Å². The second kappa shape index (κ2) is 9.09. The molecule has 1 amide bonds. The van der Waals surface area contributed by atoms with Gasteiger partial charge in [0.25, 0.3) is 5.91 Å². The number of methoxy groups -OCH3 is 1. The van der Waals surface area contributed by atoms with Gasteiger partial charge in [-0.3, -0.25) is 9.00 Å². The Balaban J connectivity index is 2.04. The summed E-state index contributed by atoms with van der Waals surface area (Å²) >= 11 is 0. The number of carbonyl (C=O) groups is 3. The molecule has 1 N–H and O–H groups in total. The van der Waals surface area contributed by atoms with Gasteiger partial charge in [0, 0.05) is 11.9 Å². The first kappa shape index (κ1) is 20.3. The highest BCUT2D eigenvalue weighted by Crippen LogP contribution is 2.18. The van der Waals surface area contributed by atoms with Gasteiger partial charge in [0.2, 0.25) is 0 Å². The van der Waals surface area contributed by atoms with Crippen molar-refractivity contribution in [3.63, 3.8) is 0 Å². The van der Waals surface area contributed by atoms with Gasteiger partial charge in [-0.1, -0.05) is 18.2 Å². The number of hydrogen-bond donors (Lipinski definition) is 1. The Labute approximate surface area is 159 Å². The van der Waals surface area contributed by atoms with E-state index in [0.717, 1.165) is 5.56 Å². The summed E-state index contributed by atoms with van der Waals surface area (Å²) in [4.78, 5) is 36.2. The molecule has 0 aromatic heterocycles. The third kappa shape index (κ3) is 5.24. The number of rotatable bonds is 6. The smallest absolute Gasteiger partial charge is 0.339 e. The van der Waals surface area contributed by atoms with Crippen molar-refractivity contribution in [3.05, 3.63) is 59.2 Å². The summed E-state index contributed by atoms with van der Waals surface area (Å²) in [6.45, 7) is 1.24. The number of amides is 1. The van der Waals surface area contributed by atoms with Gasteiger partial charge in [-0.05, 0) is 36.8 Å². The van der Waals surface area contributed by atoms with Gasteiger partial charge in [-0.15, -0.1) is 0 Å². The molecule has 0 saturated heterocycles. The van der Waals surface area contributed by atoms with Gasteiger partial charge in [0.05, 0.1) is 33.9 Å². The molecule has 0 bridgehead atoms. The zero-order chi connectivity index (χ0) is 20.0. The lowest BCUT2D eigenvalue weighted by Gasteiger charge is -2.11. The third-order valence-corrected chi connectivity index (χ3v) is 4.66. The first-order valence-electron chi connectivity index (χ1n) is 7.92. The Morgan fingerprint density at radius 1 is 1.07 bits per heavy atom. The molecule has 0 spiro atoms. The van der Waals surface area contributed by atoms with Gasteiger partial charge in [-0.2, -0.15) is 0 Å². The number of ether oxygens (including phenoxy) is 2. The van der Waals surface area contributed by atoms with Gasteiger partial charge in [0.15, 0.2) is 6.61 Å². The second-order valence-electron chi connectivity index (χ2n) is 5.60. The van der Waals surface area contributed by atoms with Crippen molar-refractivity contribution in [3.8, 4) is 0 Å². The van der Waals surface area contributed by atoms with E-state index in [1.165, 1.54) is 25.5 Å². The number of benzene rings is 2. The Morgan fingerprint density at radius 3 is 2.44 bits per heavy atom. The van der Waals surface area contributed by atoms with Crippen molar-refractivity contribution in [2.45, 2.75) is 11.8 Å². The Kier molecular flexibility index (Phi) is 6.84. The van der Waals surface area contributed by atoms with E-state index in [1.54, 1.807) is 37.3 Å². The summed E-state index contributed by atoms with van der Waals surface area (Å²) < 4.78 is 21.3. The summed E-state index contributed by atoms with van der Waals surface area (Å²) in [5.41, 5.74) is 1.58. The molecular formula is C19H19NO6S. The SMILES string of the molecule is COC(=O)c1ccc(C)c(NC(=O)COC(=O)c2ccccc2[S@](C)=O)c1. The fourth-order valence-corrected chi connectivity index (χ4v) is 3.01. The lowest BCUT2D eigenvalue weighted by Crippen LogP contribution is -2.22. The zero-order valence-corrected chi connectivity index (χ0v) is 15.9. The summed E-state index contributed by atoms with van der Waals surface area (Å²) in [6.07, 6.45) is 1.45. The standard InChI is InChI=1S/C19H19NO6S/c1-12-8-9-13(18(22)25-2)10-15(12)20-17(21)11-26-19(23)14-6-4-5-7-16(14)27(3)24/h4-10H,11H2,1-3H3,(H,20,21)/t27-/m0/s1. The topological polar surface area (TPSA) is 98.8 Å². The highest BCUT2D eigenvalue weighted by molar-refractivity contribution is 7.84. The highest BCUT2D eigenvalue weighted by Gasteiger charge is 2.17. The van der Waals surface area contributed by atoms with Crippen LogP contribution in [0.15, 0.2) is 47.4 Å². The van der Waals surface area contributed by atoms with E-state index in [0.29, 0.717) is 10.6 Å². The molecule has 0 saturated carbocycles. The van der Waals surface area contributed by atoms with Crippen LogP contribution in [0.3, 0.4) is 0 Å². The fraction of sp³-hybridized carbons (Fsp3) is 0.211. The maximum absolute atomic E-state index is 12.2. The fourth-order valence-electron chi connectivity index (χ4n) is 2.28. The molecule has 0 fully saturated rings. The van der Waals surface area contributed by atoms with E-state index in [2.05, 4.69) is 10.1 Å². The number of aryl methyl sites for hydroxylation is 1. The number of hydrogen-bond acceptors (Lipinski definition) is 6. The van der Waals surface area contributed by atoms with Crippen LogP contribution in [0, 0.1) is 6.92 Å². The number of carbonyl (C=O) groups excluding carboxylic acids is 3. The van der Waals surface area contributed by atoms with Crippen molar-refractivity contribution >= 4 is 34.3 Å². The molecule has 1 atom stereocenters. The average Bonchev–Trinajstić information content (AvgIpc) is 2.67. The van der Waals surface area contributed by atoms with E-state index in [4.69, 9.17) is 4.74 Å². The quantitative estimate of drug-likeness (QED) is 0.761. The van der Waals surface area contributed by atoms with Crippen LogP contribution in [0.5, 0.6) is 0 Å². The molecule has 2 rings (SSSR count). The first-order valence-corrected chi connectivity index (χ1v) is 9.47. The molecule has 0 heterocycles. The van der Waals surface area contributed by atoms with Gasteiger partial charge in [0.1, 0.15) is 0 Å². The van der Waals surface area contributed by atoms with Crippen molar-refractivity contribution in [1.82, 2.24) is 0 Å². The van der Waals surface area contributed by atoms with Crippen LogP contribution in [0.4, 0.5) is 5.69 Å². The molecule has 2 aromatic carbocycles. The third-order valence-electron chi connectivity index (χ3n) is 3.68. The lowest BCUT2D eigenvalue weighted by molar-refractivity contribution is -0.119. The predicted molar refractivity (Wildman–Crippen MR) is 100 cm³/mol. The molecule has 0 aliphatic rings. The summed E-state index contributed by atoms with van der Waals surface area (Å²) in [5, 5.41) is 2.59. The molecule has 0 aliphatic carbocycles. The molecule has 0 aliphatic heterocycles. The molecule has 8 heteroatoms. The average molecular weight is 389 g/mol. The van der Waals surface area contributed by atoms with Crippen LogP contribution in [0.2, 0.25) is 0 Å². The van der Waals surface area contributed by atoms with Gasteiger partial charge >= 0.3 is 11.9 Å². The minimum absolute atomic E-state index is 0.148. The normalized spacial score (nSPS) is 11.4. The summed E-state index contributed by atoms with van der Waals surface area (Å²) in [5.74, 6) is -1.83. The molecule has 0 unspecified atom stereocenters. The molecule has 7 nitrogen and oxygen atoms in total. The van der Waals surface area contributed by atoms with Crippen molar-refractivity contribution in [2.75, 3.05) is 25.3 Å². The Bertz CT molecular complexity index is 909. The Morgan fingerprint density at radius 2 is 1.78 bits per heavy atom. The van der Waals surface area contributed by atoms with Crippen LogP contribution < -0.4 is 5.32 Å². The van der Waals surface area contributed by atoms with E-state index >= 15 is 0 Å². The summed E-state index contributed by atoms with van der Waals surface area (Å²) in [6, 6.07) is 11.1. The minimum Gasteiger partial charge on any atom is -0.465 e. The number of nitrogens with one attached hydrogen (secondary N) is 1. The summed E-state index contributed by atoms with van der Waals surface area (Å²) in [7, 11) is -0.0984. The van der Waals surface area contributed by atoms with Gasteiger partial charge in [-0.25, -0.2) is 9.59 Å².